The van der Waals surface area contributed by atoms with E-state index >= 15 is 0 Å². The van der Waals surface area contributed by atoms with Gasteiger partial charge < -0.3 is 14.8 Å². The highest BCUT2D eigenvalue weighted by Crippen LogP contribution is 2.35. The van der Waals surface area contributed by atoms with Crippen molar-refractivity contribution in [2.75, 3.05) is 12.4 Å². The number of carbonyl (C=O) groups is 1. The van der Waals surface area contributed by atoms with Gasteiger partial charge in [-0.15, -0.1) is 0 Å². The molecule has 4 nitrogen and oxygen atoms in total. The Balaban J connectivity index is 1.94. The first-order valence-electron chi connectivity index (χ1n) is 8.60. The van der Waals surface area contributed by atoms with E-state index in [2.05, 4.69) is 5.32 Å². The Bertz CT molecular complexity index is 977. The fourth-order valence-corrected chi connectivity index (χ4v) is 3.06. The fourth-order valence-electron chi connectivity index (χ4n) is 2.72. The zero-order chi connectivity index (χ0) is 20.1. The lowest BCUT2D eigenvalue weighted by atomic mass is 10.1. The monoisotopic (exact) mass is 415 g/mol. The number of hydrogen-bond donors (Lipinski definition) is 1. The summed E-state index contributed by atoms with van der Waals surface area (Å²) in [5, 5.41) is 3.50. The van der Waals surface area contributed by atoms with Crippen LogP contribution in [0.25, 0.3) is 0 Å². The van der Waals surface area contributed by atoms with Crippen molar-refractivity contribution in [2.45, 2.75) is 13.0 Å². The number of benzene rings is 3. The van der Waals surface area contributed by atoms with Crippen molar-refractivity contribution >= 4 is 34.8 Å². The van der Waals surface area contributed by atoms with E-state index in [4.69, 9.17) is 32.7 Å². The molecule has 0 saturated carbocycles. The molecule has 28 heavy (non-hydrogen) atoms. The lowest BCUT2D eigenvalue weighted by Crippen LogP contribution is -2.26. The Morgan fingerprint density at radius 1 is 0.964 bits per heavy atom. The van der Waals surface area contributed by atoms with E-state index in [0.29, 0.717) is 27.8 Å². The molecule has 0 radical (unpaired) electrons. The topological polar surface area (TPSA) is 47.6 Å². The summed E-state index contributed by atoms with van der Waals surface area (Å²) in [7, 11) is 1.55. The van der Waals surface area contributed by atoms with Crippen LogP contribution in [0.2, 0.25) is 10.0 Å². The minimum atomic E-state index is -0.928. The molecule has 6 heteroatoms. The number of methoxy groups -OCH3 is 1. The molecule has 0 spiro atoms. The maximum atomic E-state index is 13.1. The maximum absolute atomic E-state index is 13.1. The Labute approximate surface area is 174 Å². The third kappa shape index (κ3) is 4.58. The summed E-state index contributed by atoms with van der Waals surface area (Å²) >= 11 is 12.3. The van der Waals surface area contributed by atoms with Gasteiger partial charge in [0.1, 0.15) is 16.5 Å². The highest BCUT2D eigenvalue weighted by molar-refractivity contribution is 6.42. The third-order valence-electron chi connectivity index (χ3n) is 4.11. The van der Waals surface area contributed by atoms with E-state index in [1.54, 1.807) is 31.4 Å². The van der Waals surface area contributed by atoms with Crippen LogP contribution >= 0.6 is 23.2 Å². The molecule has 0 aliphatic heterocycles. The van der Waals surface area contributed by atoms with Crippen molar-refractivity contribution in [3.8, 4) is 11.5 Å². The largest absolute Gasteiger partial charge is 0.495 e. The number of nitrogens with one attached hydrogen (secondary N) is 1. The van der Waals surface area contributed by atoms with Crippen LogP contribution in [0.5, 0.6) is 11.5 Å². The molecule has 0 bridgehead atoms. The second-order valence-corrected chi connectivity index (χ2v) is 6.94. The number of aryl methyl sites for hydroxylation is 1. The zero-order valence-corrected chi connectivity index (χ0v) is 16.9. The Kier molecular flexibility index (Phi) is 6.45. The average Bonchev–Trinajstić information content (AvgIpc) is 2.70. The standard InChI is InChI=1S/C22H19Cl2NO3/c1-14-11-12-18(27-2)17(13-14)25-22(26)21(15-7-4-3-5-8-15)28-19-10-6-9-16(23)20(19)24/h3-13,21H,1-2H3,(H,25,26)/t21-/m0/s1. The lowest BCUT2D eigenvalue weighted by molar-refractivity contribution is -0.123. The second kappa shape index (κ2) is 9.00. The molecule has 1 amide bonds. The minimum absolute atomic E-state index is 0.256. The van der Waals surface area contributed by atoms with Crippen LogP contribution in [0.15, 0.2) is 66.7 Å². The summed E-state index contributed by atoms with van der Waals surface area (Å²) in [6.07, 6.45) is -0.928. The van der Waals surface area contributed by atoms with E-state index in [-0.39, 0.29) is 10.9 Å². The van der Waals surface area contributed by atoms with Crippen molar-refractivity contribution in [1.29, 1.82) is 0 Å². The molecule has 1 atom stereocenters. The maximum Gasteiger partial charge on any atom is 0.270 e. The quantitative estimate of drug-likeness (QED) is 0.531. The summed E-state index contributed by atoms with van der Waals surface area (Å²) in [6.45, 7) is 1.94. The molecule has 0 fully saturated rings. The van der Waals surface area contributed by atoms with Gasteiger partial charge in [-0.05, 0) is 36.8 Å². The van der Waals surface area contributed by atoms with Gasteiger partial charge >= 0.3 is 0 Å². The van der Waals surface area contributed by atoms with Gasteiger partial charge in [0.15, 0.2) is 0 Å². The van der Waals surface area contributed by atoms with E-state index < -0.39 is 6.10 Å². The molecular weight excluding hydrogens is 397 g/mol. The van der Waals surface area contributed by atoms with Crippen LogP contribution in [-0.2, 0) is 4.79 Å². The molecule has 1 N–H and O–H groups in total. The van der Waals surface area contributed by atoms with E-state index in [0.717, 1.165) is 5.56 Å². The van der Waals surface area contributed by atoms with Crippen LogP contribution in [0.3, 0.4) is 0 Å². The molecule has 3 rings (SSSR count). The van der Waals surface area contributed by atoms with Crippen molar-refractivity contribution in [3.63, 3.8) is 0 Å². The summed E-state index contributed by atoms with van der Waals surface area (Å²) in [5.74, 6) is 0.534. The molecule has 0 heterocycles. The van der Waals surface area contributed by atoms with Crippen molar-refractivity contribution < 1.29 is 14.3 Å². The first-order valence-corrected chi connectivity index (χ1v) is 9.36. The Hall–Kier alpha value is -2.69. The van der Waals surface area contributed by atoms with Gasteiger partial charge in [-0.3, -0.25) is 4.79 Å². The zero-order valence-electron chi connectivity index (χ0n) is 15.4. The molecule has 0 aromatic heterocycles. The van der Waals surface area contributed by atoms with Crippen LogP contribution in [0.1, 0.15) is 17.2 Å². The third-order valence-corrected chi connectivity index (χ3v) is 4.92. The molecule has 0 aliphatic rings. The van der Waals surface area contributed by atoms with Gasteiger partial charge in [-0.25, -0.2) is 0 Å². The van der Waals surface area contributed by atoms with Crippen LogP contribution in [-0.4, -0.2) is 13.0 Å². The molecule has 144 valence electrons. The summed E-state index contributed by atoms with van der Waals surface area (Å²) in [4.78, 5) is 13.1. The SMILES string of the molecule is COc1ccc(C)cc1NC(=O)[C@@H](Oc1cccc(Cl)c1Cl)c1ccccc1. The minimum Gasteiger partial charge on any atom is -0.495 e. The number of rotatable bonds is 6. The van der Waals surface area contributed by atoms with E-state index in [9.17, 15) is 4.79 Å². The summed E-state index contributed by atoms with van der Waals surface area (Å²) in [5.41, 5.74) is 2.24. The van der Waals surface area contributed by atoms with Gasteiger partial charge in [-0.1, -0.05) is 65.7 Å². The highest BCUT2D eigenvalue weighted by Gasteiger charge is 2.25. The van der Waals surface area contributed by atoms with Gasteiger partial charge in [0.25, 0.3) is 5.91 Å². The number of anilines is 1. The van der Waals surface area contributed by atoms with Gasteiger partial charge in [-0.2, -0.15) is 0 Å². The predicted molar refractivity (Wildman–Crippen MR) is 113 cm³/mol. The average molecular weight is 416 g/mol. The number of hydrogen-bond acceptors (Lipinski definition) is 3. The number of ether oxygens (including phenoxy) is 2. The number of amides is 1. The van der Waals surface area contributed by atoms with Crippen molar-refractivity contribution in [1.82, 2.24) is 0 Å². The molecular formula is C22H19Cl2NO3. The smallest absolute Gasteiger partial charge is 0.270 e. The second-order valence-electron chi connectivity index (χ2n) is 6.15. The lowest BCUT2D eigenvalue weighted by Gasteiger charge is -2.21. The van der Waals surface area contributed by atoms with Gasteiger partial charge in [0.05, 0.1) is 17.8 Å². The predicted octanol–water partition coefficient (Wildman–Crippen LogP) is 6.07. The molecule has 0 aliphatic carbocycles. The van der Waals surface area contributed by atoms with E-state index in [1.807, 2.05) is 49.4 Å². The Morgan fingerprint density at radius 3 is 2.43 bits per heavy atom. The molecule has 0 unspecified atom stereocenters. The van der Waals surface area contributed by atoms with Crippen molar-refractivity contribution in [3.05, 3.63) is 87.9 Å². The normalized spacial score (nSPS) is 11.6. The van der Waals surface area contributed by atoms with Gasteiger partial charge in [0.2, 0.25) is 6.10 Å². The molecule has 3 aromatic carbocycles. The van der Waals surface area contributed by atoms with Crippen molar-refractivity contribution in [2.24, 2.45) is 0 Å². The van der Waals surface area contributed by atoms with Gasteiger partial charge in [0, 0.05) is 5.56 Å². The van der Waals surface area contributed by atoms with Crippen LogP contribution < -0.4 is 14.8 Å². The fraction of sp³-hybridized carbons (Fsp3) is 0.136. The molecule has 3 aromatic rings. The summed E-state index contributed by atoms with van der Waals surface area (Å²) in [6, 6.07) is 19.8. The number of carbonyl (C=O) groups excluding carboxylic acids is 1. The number of halogens is 2. The highest BCUT2D eigenvalue weighted by atomic mass is 35.5. The summed E-state index contributed by atoms with van der Waals surface area (Å²) < 4.78 is 11.3. The molecule has 0 saturated heterocycles. The Morgan fingerprint density at radius 2 is 1.71 bits per heavy atom. The first kappa shape index (κ1) is 20.1. The van der Waals surface area contributed by atoms with Crippen LogP contribution in [0, 0.1) is 6.92 Å². The van der Waals surface area contributed by atoms with Crippen LogP contribution in [0.4, 0.5) is 5.69 Å². The van der Waals surface area contributed by atoms with E-state index in [1.165, 1.54) is 0 Å². The first-order chi connectivity index (χ1) is 13.5.